The average Bonchev–Trinajstić information content (AvgIpc) is 2.84. The maximum Gasteiger partial charge on any atom is 0.119 e. The summed E-state index contributed by atoms with van der Waals surface area (Å²) in [6.07, 6.45) is -1.01. The number of aliphatic hydroxyl groups is 2. The Balaban J connectivity index is 1.82. The minimum absolute atomic E-state index is 0.280. The predicted octanol–water partition coefficient (Wildman–Crippen LogP) is 3.52. The van der Waals surface area contributed by atoms with Crippen LogP contribution in [0.4, 0.5) is 0 Å². The molecule has 0 radical (unpaired) electrons. The van der Waals surface area contributed by atoms with Crippen LogP contribution in [0.15, 0.2) is 48.5 Å². The smallest absolute Gasteiger partial charge is 0.119 e. The van der Waals surface area contributed by atoms with Crippen LogP contribution in [-0.4, -0.2) is 84.7 Å². The summed E-state index contributed by atoms with van der Waals surface area (Å²) in [5.74, 6) is 1.49. The van der Waals surface area contributed by atoms with Gasteiger partial charge in [0.25, 0.3) is 0 Å². The van der Waals surface area contributed by atoms with Gasteiger partial charge in [0.05, 0.1) is 0 Å². The molecule has 0 amide bonds. The SMILES string of the molecule is CCN(CC)C[C@H](O)COc1ccc(-c2ccc(OC[C@@H](O)CN(CC)CC)cc2)cc1. The van der Waals surface area contributed by atoms with Crippen molar-refractivity contribution in [3.05, 3.63) is 48.5 Å². The molecule has 2 atom stereocenters. The number of rotatable bonds is 15. The molecule has 0 heterocycles. The van der Waals surface area contributed by atoms with Gasteiger partial charge < -0.3 is 29.5 Å². The molecule has 6 nitrogen and oxygen atoms in total. The van der Waals surface area contributed by atoms with Gasteiger partial charge in [0.1, 0.15) is 36.9 Å². The summed E-state index contributed by atoms with van der Waals surface area (Å²) < 4.78 is 11.5. The Morgan fingerprint density at radius 2 is 0.906 bits per heavy atom. The van der Waals surface area contributed by atoms with Crippen LogP contribution >= 0.6 is 0 Å². The summed E-state index contributed by atoms with van der Waals surface area (Å²) >= 11 is 0. The molecule has 0 saturated heterocycles. The first-order chi connectivity index (χ1) is 15.5. The first kappa shape index (κ1) is 26.1. The zero-order valence-corrected chi connectivity index (χ0v) is 20.0. The summed E-state index contributed by atoms with van der Waals surface area (Å²) in [6.45, 7) is 13.8. The van der Waals surface area contributed by atoms with Crippen LogP contribution < -0.4 is 9.47 Å². The molecule has 178 valence electrons. The molecule has 0 unspecified atom stereocenters. The zero-order chi connectivity index (χ0) is 23.3. The van der Waals surface area contributed by atoms with Crippen LogP contribution in [0.1, 0.15) is 27.7 Å². The Morgan fingerprint density at radius 3 is 1.19 bits per heavy atom. The molecular formula is C26H40N2O4. The molecule has 32 heavy (non-hydrogen) atoms. The van der Waals surface area contributed by atoms with E-state index in [-0.39, 0.29) is 13.2 Å². The van der Waals surface area contributed by atoms with Gasteiger partial charge in [0.2, 0.25) is 0 Å². The second-order valence-corrected chi connectivity index (χ2v) is 7.95. The summed E-state index contributed by atoms with van der Waals surface area (Å²) in [6, 6.07) is 15.7. The van der Waals surface area contributed by atoms with Gasteiger partial charge in [-0.15, -0.1) is 0 Å². The van der Waals surface area contributed by atoms with Crippen molar-refractivity contribution in [2.24, 2.45) is 0 Å². The third-order valence-electron chi connectivity index (χ3n) is 5.65. The van der Waals surface area contributed by atoms with Crippen LogP contribution in [0.3, 0.4) is 0 Å². The summed E-state index contributed by atoms with van der Waals surface area (Å²) in [5.41, 5.74) is 2.16. The van der Waals surface area contributed by atoms with Gasteiger partial charge in [-0.2, -0.15) is 0 Å². The van der Waals surface area contributed by atoms with Crippen molar-refractivity contribution in [2.45, 2.75) is 39.9 Å². The number of hydrogen-bond donors (Lipinski definition) is 2. The molecular weight excluding hydrogens is 404 g/mol. The van der Waals surface area contributed by atoms with Crippen molar-refractivity contribution in [1.82, 2.24) is 9.80 Å². The molecule has 0 aliphatic carbocycles. The van der Waals surface area contributed by atoms with Crippen LogP contribution in [0.25, 0.3) is 11.1 Å². The lowest BCUT2D eigenvalue weighted by atomic mass is 10.1. The van der Waals surface area contributed by atoms with Crippen molar-refractivity contribution >= 4 is 0 Å². The summed E-state index contributed by atoms with van der Waals surface area (Å²) in [7, 11) is 0. The highest BCUT2D eigenvalue weighted by molar-refractivity contribution is 5.64. The third kappa shape index (κ3) is 8.79. The van der Waals surface area contributed by atoms with Gasteiger partial charge in [-0.25, -0.2) is 0 Å². The Labute approximate surface area is 193 Å². The van der Waals surface area contributed by atoms with Crippen molar-refractivity contribution in [3.8, 4) is 22.6 Å². The second kappa shape index (κ2) is 14.1. The van der Waals surface area contributed by atoms with E-state index in [1.165, 1.54) is 0 Å². The van der Waals surface area contributed by atoms with Crippen LogP contribution in [-0.2, 0) is 0 Å². The van der Waals surface area contributed by atoms with E-state index in [0.717, 1.165) is 48.8 Å². The highest BCUT2D eigenvalue weighted by Crippen LogP contribution is 2.25. The fourth-order valence-corrected chi connectivity index (χ4v) is 3.54. The molecule has 0 aromatic heterocycles. The third-order valence-corrected chi connectivity index (χ3v) is 5.65. The van der Waals surface area contributed by atoms with Gasteiger partial charge in [0, 0.05) is 13.1 Å². The zero-order valence-electron chi connectivity index (χ0n) is 20.0. The highest BCUT2D eigenvalue weighted by atomic mass is 16.5. The average molecular weight is 445 g/mol. The van der Waals surface area contributed by atoms with E-state index in [2.05, 4.69) is 37.5 Å². The molecule has 0 bridgehead atoms. The molecule has 0 spiro atoms. The molecule has 2 aromatic rings. The second-order valence-electron chi connectivity index (χ2n) is 7.95. The van der Waals surface area contributed by atoms with Crippen LogP contribution in [0, 0.1) is 0 Å². The van der Waals surface area contributed by atoms with Crippen molar-refractivity contribution < 1.29 is 19.7 Å². The van der Waals surface area contributed by atoms with Crippen LogP contribution in [0.5, 0.6) is 11.5 Å². The van der Waals surface area contributed by atoms with E-state index in [9.17, 15) is 10.2 Å². The Kier molecular flexibility index (Phi) is 11.5. The first-order valence-corrected chi connectivity index (χ1v) is 11.8. The lowest BCUT2D eigenvalue weighted by molar-refractivity contribution is 0.0715. The Hall–Kier alpha value is -2.12. The van der Waals surface area contributed by atoms with Crippen LogP contribution in [0.2, 0.25) is 0 Å². The van der Waals surface area contributed by atoms with Gasteiger partial charge in [-0.05, 0) is 61.6 Å². The molecule has 6 heteroatoms. The molecule has 0 aliphatic rings. The molecule has 2 N–H and O–H groups in total. The largest absolute Gasteiger partial charge is 0.491 e. The van der Waals surface area contributed by atoms with Gasteiger partial charge in [-0.1, -0.05) is 52.0 Å². The number of hydrogen-bond acceptors (Lipinski definition) is 6. The quantitative estimate of drug-likeness (QED) is 0.438. The minimum Gasteiger partial charge on any atom is -0.491 e. The molecule has 0 aliphatic heterocycles. The van der Waals surface area contributed by atoms with E-state index in [1.54, 1.807) is 0 Å². The molecule has 2 rings (SSSR count). The maximum atomic E-state index is 10.2. The number of aliphatic hydroxyl groups excluding tert-OH is 2. The Morgan fingerprint density at radius 1 is 0.594 bits per heavy atom. The number of ether oxygens (including phenoxy) is 2. The van der Waals surface area contributed by atoms with Gasteiger partial charge >= 0.3 is 0 Å². The number of likely N-dealkylation sites (N-methyl/N-ethyl adjacent to an activating group) is 2. The summed E-state index contributed by atoms with van der Waals surface area (Å²) in [5, 5.41) is 20.3. The van der Waals surface area contributed by atoms with E-state index >= 15 is 0 Å². The van der Waals surface area contributed by atoms with E-state index in [0.29, 0.717) is 13.1 Å². The lowest BCUT2D eigenvalue weighted by Gasteiger charge is -2.22. The van der Waals surface area contributed by atoms with Gasteiger partial charge in [0.15, 0.2) is 0 Å². The predicted molar refractivity (Wildman–Crippen MR) is 130 cm³/mol. The summed E-state index contributed by atoms with van der Waals surface area (Å²) in [4.78, 5) is 4.35. The highest BCUT2D eigenvalue weighted by Gasteiger charge is 2.11. The van der Waals surface area contributed by atoms with Crippen molar-refractivity contribution in [2.75, 3.05) is 52.5 Å². The normalized spacial score (nSPS) is 13.4. The standard InChI is InChI=1S/C26H40N2O4/c1-5-27(6-2)17-23(29)19-31-25-13-9-21(10-14-25)22-11-15-26(16-12-22)32-20-24(30)18-28(7-3)8-4/h9-16,23-24,29-30H,5-8,17-20H2,1-4H3/t23-,24-/m0/s1. The molecule has 0 saturated carbocycles. The van der Waals surface area contributed by atoms with E-state index in [1.807, 2.05) is 48.5 Å². The lowest BCUT2D eigenvalue weighted by Crippen LogP contribution is -2.35. The number of nitrogens with zero attached hydrogens (tertiary/aromatic N) is 2. The molecule has 2 aromatic carbocycles. The fraction of sp³-hybridized carbons (Fsp3) is 0.538. The van der Waals surface area contributed by atoms with E-state index < -0.39 is 12.2 Å². The van der Waals surface area contributed by atoms with Gasteiger partial charge in [-0.3, -0.25) is 0 Å². The first-order valence-electron chi connectivity index (χ1n) is 11.8. The minimum atomic E-state index is -0.507. The fourth-order valence-electron chi connectivity index (χ4n) is 3.54. The number of benzene rings is 2. The maximum absolute atomic E-state index is 10.2. The Bertz CT molecular complexity index is 678. The van der Waals surface area contributed by atoms with Crippen molar-refractivity contribution in [3.63, 3.8) is 0 Å². The van der Waals surface area contributed by atoms with Crippen molar-refractivity contribution in [1.29, 1.82) is 0 Å². The van der Waals surface area contributed by atoms with E-state index in [4.69, 9.17) is 9.47 Å². The monoisotopic (exact) mass is 444 g/mol. The topological polar surface area (TPSA) is 65.4 Å². The molecule has 0 fully saturated rings.